The summed E-state index contributed by atoms with van der Waals surface area (Å²) in [5, 5.41) is 9.82. The summed E-state index contributed by atoms with van der Waals surface area (Å²) < 4.78 is 26.9. The summed E-state index contributed by atoms with van der Waals surface area (Å²) in [5.41, 5.74) is 0.523. The number of aromatic amines is 1. The number of nitrogens with zero attached hydrogens (tertiary/aromatic N) is 3. The lowest BCUT2D eigenvalue weighted by Gasteiger charge is -2.22. The fourth-order valence-electron chi connectivity index (χ4n) is 3.57. The van der Waals surface area contributed by atoms with E-state index in [-0.39, 0.29) is 24.1 Å². The third kappa shape index (κ3) is 3.91. The first-order chi connectivity index (χ1) is 14.4. The van der Waals surface area contributed by atoms with Crippen molar-refractivity contribution in [1.29, 1.82) is 0 Å². The van der Waals surface area contributed by atoms with Crippen LogP contribution < -0.4 is 5.32 Å². The van der Waals surface area contributed by atoms with Gasteiger partial charge in [-0.3, -0.25) is 14.7 Å². The van der Waals surface area contributed by atoms with Crippen LogP contribution >= 0.6 is 0 Å². The maximum Gasteiger partial charge on any atom is 0.254 e. The van der Waals surface area contributed by atoms with Gasteiger partial charge in [0.1, 0.15) is 5.82 Å². The molecule has 2 amide bonds. The van der Waals surface area contributed by atoms with E-state index in [1.807, 2.05) is 6.07 Å². The second-order valence-electron chi connectivity index (χ2n) is 7.15. The molecule has 1 fully saturated rings. The van der Waals surface area contributed by atoms with E-state index < -0.39 is 23.6 Å². The third-order valence-corrected chi connectivity index (χ3v) is 5.01. The van der Waals surface area contributed by atoms with Gasteiger partial charge in [0.2, 0.25) is 0 Å². The predicted octanol–water partition coefficient (Wildman–Crippen LogP) is 2.78. The summed E-state index contributed by atoms with van der Waals surface area (Å²) in [7, 11) is 0. The molecule has 1 saturated heterocycles. The minimum absolute atomic E-state index is 0.0150. The van der Waals surface area contributed by atoms with Crippen molar-refractivity contribution in [2.24, 2.45) is 0 Å². The maximum atomic E-state index is 13.7. The van der Waals surface area contributed by atoms with Crippen LogP contribution in [0, 0.1) is 18.6 Å². The van der Waals surface area contributed by atoms with E-state index in [1.165, 1.54) is 11.0 Å². The normalized spacial score (nSPS) is 18.4. The lowest BCUT2D eigenvalue weighted by molar-refractivity contribution is 0.0723. The standard InChI is InChI=1S/C21H19F2N5O2/c1-12-24-19(27-26-12)18-10-15(25-20(29)13-5-3-2-4-6-13)11-28(18)21(30)14-7-8-16(22)17(23)9-14/h2-9,15,18H,10-11H2,1H3,(H,25,29)(H,24,26,27)/t15-,18-/m0/s1. The Labute approximate surface area is 171 Å². The van der Waals surface area contributed by atoms with E-state index in [0.717, 1.165) is 12.1 Å². The van der Waals surface area contributed by atoms with Gasteiger partial charge in [-0.25, -0.2) is 13.8 Å². The van der Waals surface area contributed by atoms with Gasteiger partial charge in [-0.05, 0) is 43.7 Å². The van der Waals surface area contributed by atoms with Crippen molar-refractivity contribution in [3.05, 3.63) is 82.9 Å². The van der Waals surface area contributed by atoms with Gasteiger partial charge in [0.25, 0.3) is 11.8 Å². The number of aromatic nitrogens is 3. The van der Waals surface area contributed by atoms with Crippen LogP contribution in [0.1, 0.15) is 44.8 Å². The first-order valence-electron chi connectivity index (χ1n) is 9.43. The molecule has 2 atom stereocenters. The first-order valence-corrected chi connectivity index (χ1v) is 9.43. The largest absolute Gasteiger partial charge is 0.347 e. The quantitative estimate of drug-likeness (QED) is 0.691. The number of likely N-dealkylation sites (tertiary alicyclic amines) is 1. The summed E-state index contributed by atoms with van der Waals surface area (Å²) in [4.78, 5) is 31.4. The molecule has 9 heteroatoms. The van der Waals surface area contributed by atoms with Crippen molar-refractivity contribution in [1.82, 2.24) is 25.4 Å². The predicted molar refractivity (Wildman–Crippen MR) is 104 cm³/mol. The molecule has 30 heavy (non-hydrogen) atoms. The van der Waals surface area contributed by atoms with E-state index in [4.69, 9.17) is 0 Å². The molecule has 0 radical (unpaired) electrons. The van der Waals surface area contributed by atoms with Gasteiger partial charge in [-0.1, -0.05) is 18.2 Å². The molecule has 1 aliphatic heterocycles. The van der Waals surface area contributed by atoms with Crippen LogP contribution in [0.4, 0.5) is 8.78 Å². The zero-order valence-electron chi connectivity index (χ0n) is 16.1. The van der Waals surface area contributed by atoms with Crippen molar-refractivity contribution < 1.29 is 18.4 Å². The molecular weight excluding hydrogens is 392 g/mol. The van der Waals surface area contributed by atoms with Crippen molar-refractivity contribution >= 4 is 11.8 Å². The molecule has 2 aromatic carbocycles. The Bertz CT molecular complexity index is 1090. The van der Waals surface area contributed by atoms with Crippen LogP contribution in [0.15, 0.2) is 48.5 Å². The fraction of sp³-hybridized carbons (Fsp3) is 0.238. The smallest absolute Gasteiger partial charge is 0.254 e. The lowest BCUT2D eigenvalue weighted by atomic mass is 10.1. The number of halogens is 2. The Morgan fingerprint density at radius 3 is 2.53 bits per heavy atom. The highest BCUT2D eigenvalue weighted by Gasteiger charge is 2.39. The van der Waals surface area contributed by atoms with E-state index in [9.17, 15) is 18.4 Å². The first kappa shape index (κ1) is 19.7. The minimum atomic E-state index is -1.10. The average molecular weight is 411 g/mol. The number of carbonyl (C=O) groups is 2. The Kier molecular flexibility index (Phi) is 5.26. The molecule has 0 bridgehead atoms. The summed E-state index contributed by atoms with van der Waals surface area (Å²) in [6, 6.07) is 10.9. The zero-order chi connectivity index (χ0) is 21.3. The van der Waals surface area contributed by atoms with Gasteiger partial charge in [0.05, 0.1) is 6.04 Å². The summed E-state index contributed by atoms with van der Waals surface area (Å²) in [6.07, 6.45) is 0.394. The molecule has 4 rings (SSSR count). The van der Waals surface area contributed by atoms with Crippen LogP contribution in [-0.2, 0) is 0 Å². The Morgan fingerprint density at radius 2 is 1.87 bits per heavy atom. The second kappa shape index (κ2) is 8.02. The highest BCUT2D eigenvalue weighted by molar-refractivity contribution is 5.96. The summed E-state index contributed by atoms with van der Waals surface area (Å²) in [5.74, 6) is -1.88. The number of benzene rings is 2. The van der Waals surface area contributed by atoms with E-state index in [0.29, 0.717) is 23.6 Å². The number of rotatable bonds is 4. The molecular formula is C21H19F2N5O2. The molecule has 154 valence electrons. The molecule has 0 saturated carbocycles. The van der Waals surface area contributed by atoms with Crippen molar-refractivity contribution in [2.75, 3.05) is 6.54 Å². The van der Waals surface area contributed by atoms with E-state index in [2.05, 4.69) is 20.5 Å². The number of carbonyl (C=O) groups excluding carboxylic acids is 2. The minimum Gasteiger partial charge on any atom is -0.347 e. The van der Waals surface area contributed by atoms with Crippen LogP contribution in [0.2, 0.25) is 0 Å². The Balaban J connectivity index is 1.58. The van der Waals surface area contributed by atoms with Crippen molar-refractivity contribution in [3.63, 3.8) is 0 Å². The number of H-pyrrole nitrogens is 1. The second-order valence-corrected chi connectivity index (χ2v) is 7.15. The van der Waals surface area contributed by atoms with Crippen molar-refractivity contribution in [2.45, 2.75) is 25.4 Å². The molecule has 0 aliphatic carbocycles. The number of nitrogens with one attached hydrogen (secondary N) is 2. The molecule has 0 unspecified atom stereocenters. The zero-order valence-corrected chi connectivity index (χ0v) is 16.1. The molecule has 1 aromatic heterocycles. The number of amides is 2. The van der Waals surface area contributed by atoms with Crippen LogP contribution in [-0.4, -0.2) is 44.5 Å². The van der Waals surface area contributed by atoms with Gasteiger partial charge in [0, 0.05) is 23.7 Å². The molecule has 7 nitrogen and oxygen atoms in total. The molecule has 1 aliphatic rings. The van der Waals surface area contributed by atoms with Crippen LogP contribution in [0.5, 0.6) is 0 Å². The number of hydrogen-bond acceptors (Lipinski definition) is 4. The van der Waals surface area contributed by atoms with Gasteiger partial charge in [-0.2, -0.15) is 5.10 Å². The molecule has 2 heterocycles. The summed E-state index contributed by atoms with van der Waals surface area (Å²) in [6.45, 7) is 1.93. The van der Waals surface area contributed by atoms with E-state index >= 15 is 0 Å². The van der Waals surface area contributed by atoms with Gasteiger partial charge in [0.15, 0.2) is 17.5 Å². The lowest BCUT2D eigenvalue weighted by Crippen LogP contribution is -2.38. The van der Waals surface area contributed by atoms with Crippen LogP contribution in [0.3, 0.4) is 0 Å². The number of hydrogen-bond donors (Lipinski definition) is 2. The SMILES string of the molecule is Cc1nc([C@@H]2C[C@H](NC(=O)c3ccccc3)CN2C(=O)c2ccc(F)c(F)c2)n[nH]1. The summed E-state index contributed by atoms with van der Waals surface area (Å²) >= 11 is 0. The van der Waals surface area contributed by atoms with Gasteiger partial charge in [-0.15, -0.1) is 0 Å². The topological polar surface area (TPSA) is 91.0 Å². The highest BCUT2D eigenvalue weighted by atomic mass is 19.2. The number of aryl methyl sites for hydroxylation is 1. The van der Waals surface area contributed by atoms with Crippen molar-refractivity contribution in [3.8, 4) is 0 Å². The average Bonchev–Trinajstić information content (AvgIpc) is 3.36. The Hall–Kier alpha value is -3.62. The highest BCUT2D eigenvalue weighted by Crippen LogP contribution is 2.32. The Morgan fingerprint density at radius 1 is 1.10 bits per heavy atom. The van der Waals surface area contributed by atoms with Gasteiger partial charge < -0.3 is 10.2 Å². The van der Waals surface area contributed by atoms with E-state index in [1.54, 1.807) is 31.2 Å². The van der Waals surface area contributed by atoms with Crippen LogP contribution in [0.25, 0.3) is 0 Å². The fourth-order valence-corrected chi connectivity index (χ4v) is 3.57. The molecule has 0 spiro atoms. The molecule has 2 N–H and O–H groups in total. The monoisotopic (exact) mass is 411 g/mol. The maximum absolute atomic E-state index is 13.7. The third-order valence-electron chi connectivity index (χ3n) is 5.01. The van der Waals surface area contributed by atoms with Gasteiger partial charge >= 0.3 is 0 Å². The molecule has 3 aromatic rings.